The van der Waals surface area contributed by atoms with Crippen molar-refractivity contribution in [2.75, 3.05) is 0 Å². The number of aromatic nitrogens is 2. The van der Waals surface area contributed by atoms with Crippen LogP contribution in [0.15, 0.2) is 35.6 Å². The van der Waals surface area contributed by atoms with E-state index in [0.717, 1.165) is 17.8 Å². The van der Waals surface area contributed by atoms with E-state index in [1.165, 1.54) is 6.07 Å². The molecule has 0 aliphatic carbocycles. The standard InChI is InChI=1S/C11H12FN3O3S/c1-15-7-14-5-9(15)6-18-10-3-2-8(12)4-11(10)19(13,16)17/h2-5,7H,6H2,1H3,(H2,13,16,17). The minimum atomic E-state index is -4.04. The minimum absolute atomic E-state index is 0.00472. The van der Waals surface area contributed by atoms with E-state index in [0.29, 0.717) is 0 Å². The highest BCUT2D eigenvalue weighted by molar-refractivity contribution is 7.89. The summed E-state index contributed by atoms with van der Waals surface area (Å²) in [6.45, 7) is 0.102. The van der Waals surface area contributed by atoms with E-state index in [-0.39, 0.29) is 17.3 Å². The Morgan fingerprint density at radius 1 is 1.47 bits per heavy atom. The van der Waals surface area contributed by atoms with Crippen molar-refractivity contribution < 1.29 is 17.5 Å². The van der Waals surface area contributed by atoms with Crippen LogP contribution >= 0.6 is 0 Å². The normalized spacial score (nSPS) is 11.5. The van der Waals surface area contributed by atoms with Gasteiger partial charge in [-0.1, -0.05) is 0 Å². The van der Waals surface area contributed by atoms with Crippen LogP contribution in [-0.4, -0.2) is 18.0 Å². The van der Waals surface area contributed by atoms with Crippen LogP contribution in [0.3, 0.4) is 0 Å². The lowest BCUT2D eigenvalue weighted by Gasteiger charge is -2.10. The molecule has 0 spiro atoms. The van der Waals surface area contributed by atoms with Gasteiger partial charge in [0.1, 0.15) is 23.1 Å². The average Bonchev–Trinajstić information content (AvgIpc) is 2.72. The maximum absolute atomic E-state index is 13.1. The summed E-state index contributed by atoms with van der Waals surface area (Å²) in [6.07, 6.45) is 3.17. The topological polar surface area (TPSA) is 87.2 Å². The Bertz CT molecular complexity index is 697. The lowest BCUT2D eigenvalue weighted by molar-refractivity contribution is 0.288. The molecular formula is C11H12FN3O3S. The quantitative estimate of drug-likeness (QED) is 0.899. The molecule has 0 unspecified atom stereocenters. The fraction of sp³-hybridized carbons (Fsp3) is 0.182. The maximum atomic E-state index is 13.1. The van der Waals surface area contributed by atoms with Gasteiger partial charge < -0.3 is 9.30 Å². The molecule has 0 radical (unpaired) electrons. The molecular weight excluding hydrogens is 273 g/mol. The van der Waals surface area contributed by atoms with Gasteiger partial charge in [-0.3, -0.25) is 0 Å². The Labute approximate surface area is 109 Å². The van der Waals surface area contributed by atoms with Gasteiger partial charge in [-0.15, -0.1) is 0 Å². The predicted molar refractivity (Wildman–Crippen MR) is 65.3 cm³/mol. The molecule has 0 saturated carbocycles. The molecule has 0 amide bonds. The summed E-state index contributed by atoms with van der Waals surface area (Å²) in [5, 5.41) is 5.01. The molecule has 19 heavy (non-hydrogen) atoms. The van der Waals surface area contributed by atoms with Crippen LogP contribution in [0.5, 0.6) is 5.75 Å². The summed E-state index contributed by atoms with van der Waals surface area (Å²) in [5.41, 5.74) is 0.740. The van der Waals surface area contributed by atoms with E-state index >= 15 is 0 Å². The van der Waals surface area contributed by atoms with Crippen molar-refractivity contribution in [3.05, 3.63) is 42.2 Å². The summed E-state index contributed by atoms with van der Waals surface area (Å²) in [7, 11) is -2.27. The number of primary sulfonamides is 1. The van der Waals surface area contributed by atoms with Crippen molar-refractivity contribution in [3.63, 3.8) is 0 Å². The summed E-state index contributed by atoms with van der Waals surface area (Å²) in [5.74, 6) is -0.693. The molecule has 8 heteroatoms. The summed E-state index contributed by atoms with van der Waals surface area (Å²) >= 11 is 0. The van der Waals surface area contributed by atoms with Crippen LogP contribution in [0.25, 0.3) is 0 Å². The fourth-order valence-electron chi connectivity index (χ4n) is 1.50. The zero-order valence-electron chi connectivity index (χ0n) is 10.1. The average molecular weight is 285 g/mol. The van der Waals surface area contributed by atoms with Crippen molar-refractivity contribution in [1.82, 2.24) is 9.55 Å². The highest BCUT2D eigenvalue weighted by Gasteiger charge is 2.16. The smallest absolute Gasteiger partial charge is 0.241 e. The summed E-state index contributed by atoms with van der Waals surface area (Å²) < 4.78 is 42.8. The third-order valence-corrected chi connectivity index (χ3v) is 3.44. The number of benzene rings is 1. The van der Waals surface area contributed by atoms with Crippen molar-refractivity contribution in [1.29, 1.82) is 0 Å². The molecule has 0 aliphatic heterocycles. The van der Waals surface area contributed by atoms with E-state index in [1.807, 2.05) is 0 Å². The number of imidazole rings is 1. The second kappa shape index (κ2) is 4.98. The molecule has 0 aliphatic rings. The molecule has 6 nitrogen and oxygen atoms in total. The maximum Gasteiger partial charge on any atom is 0.241 e. The molecule has 0 saturated heterocycles. The molecule has 2 rings (SSSR count). The van der Waals surface area contributed by atoms with Gasteiger partial charge >= 0.3 is 0 Å². The van der Waals surface area contributed by atoms with Gasteiger partial charge in [0.05, 0.1) is 18.2 Å². The number of nitrogens with zero attached hydrogens (tertiary/aromatic N) is 2. The van der Waals surface area contributed by atoms with Gasteiger partial charge in [0.15, 0.2) is 0 Å². The van der Waals surface area contributed by atoms with Crippen LogP contribution in [0.4, 0.5) is 4.39 Å². The molecule has 1 heterocycles. The lowest BCUT2D eigenvalue weighted by atomic mass is 10.3. The first-order valence-corrected chi connectivity index (χ1v) is 6.83. The Morgan fingerprint density at radius 3 is 2.79 bits per heavy atom. The SMILES string of the molecule is Cn1cncc1COc1ccc(F)cc1S(N)(=O)=O. The number of ether oxygens (including phenoxy) is 1. The Balaban J connectivity index is 2.28. The van der Waals surface area contributed by atoms with E-state index in [9.17, 15) is 12.8 Å². The number of sulfonamides is 1. The third kappa shape index (κ3) is 3.09. The molecule has 0 bridgehead atoms. The molecule has 0 atom stereocenters. The summed E-state index contributed by atoms with van der Waals surface area (Å²) in [6, 6.07) is 3.16. The van der Waals surface area contributed by atoms with Crippen molar-refractivity contribution in [2.24, 2.45) is 12.2 Å². The van der Waals surface area contributed by atoms with Crippen molar-refractivity contribution in [3.8, 4) is 5.75 Å². The van der Waals surface area contributed by atoms with E-state index in [2.05, 4.69) is 4.98 Å². The van der Waals surface area contributed by atoms with E-state index < -0.39 is 15.8 Å². The van der Waals surface area contributed by atoms with E-state index in [1.54, 1.807) is 24.1 Å². The second-order valence-corrected chi connectivity index (χ2v) is 5.45. The first kappa shape index (κ1) is 13.5. The van der Waals surface area contributed by atoms with Crippen molar-refractivity contribution >= 4 is 10.0 Å². The van der Waals surface area contributed by atoms with Crippen LogP contribution in [0.1, 0.15) is 5.69 Å². The number of aryl methyl sites for hydroxylation is 1. The first-order valence-electron chi connectivity index (χ1n) is 5.28. The van der Waals surface area contributed by atoms with Crippen LogP contribution < -0.4 is 9.88 Å². The summed E-state index contributed by atoms with van der Waals surface area (Å²) in [4.78, 5) is 3.52. The van der Waals surface area contributed by atoms with Gasteiger partial charge in [0.2, 0.25) is 10.0 Å². The number of nitrogens with two attached hydrogens (primary N) is 1. The number of rotatable bonds is 4. The van der Waals surface area contributed by atoms with Gasteiger partial charge in [0.25, 0.3) is 0 Å². The Kier molecular flexibility index (Phi) is 3.54. The molecule has 2 N–H and O–H groups in total. The van der Waals surface area contributed by atoms with Crippen molar-refractivity contribution in [2.45, 2.75) is 11.5 Å². The number of hydrogen-bond donors (Lipinski definition) is 1. The number of halogens is 1. The molecule has 2 aromatic rings. The zero-order valence-corrected chi connectivity index (χ0v) is 10.9. The van der Waals surface area contributed by atoms with Gasteiger partial charge in [0, 0.05) is 7.05 Å². The van der Waals surface area contributed by atoms with Crippen LogP contribution in [0, 0.1) is 5.82 Å². The van der Waals surface area contributed by atoms with Gasteiger partial charge in [-0.2, -0.15) is 0 Å². The lowest BCUT2D eigenvalue weighted by Crippen LogP contribution is -2.14. The van der Waals surface area contributed by atoms with Gasteiger partial charge in [-0.05, 0) is 18.2 Å². The minimum Gasteiger partial charge on any atom is -0.486 e. The highest BCUT2D eigenvalue weighted by atomic mass is 32.2. The largest absolute Gasteiger partial charge is 0.486 e. The fourth-order valence-corrected chi connectivity index (χ4v) is 2.18. The van der Waals surface area contributed by atoms with Gasteiger partial charge in [-0.25, -0.2) is 22.9 Å². The van der Waals surface area contributed by atoms with Crippen LogP contribution in [-0.2, 0) is 23.7 Å². The predicted octanol–water partition coefficient (Wildman–Crippen LogP) is 0.786. The zero-order chi connectivity index (χ0) is 14.0. The third-order valence-electron chi connectivity index (χ3n) is 2.50. The first-order chi connectivity index (χ1) is 8.88. The Morgan fingerprint density at radius 2 is 2.21 bits per heavy atom. The molecule has 1 aromatic carbocycles. The molecule has 0 fully saturated rings. The monoisotopic (exact) mass is 285 g/mol. The van der Waals surface area contributed by atoms with Crippen LogP contribution in [0.2, 0.25) is 0 Å². The second-order valence-electron chi connectivity index (χ2n) is 3.92. The highest BCUT2D eigenvalue weighted by Crippen LogP contribution is 2.24. The molecule has 102 valence electrons. The number of hydrogen-bond acceptors (Lipinski definition) is 4. The van der Waals surface area contributed by atoms with E-state index in [4.69, 9.17) is 9.88 Å². The Hall–Kier alpha value is -1.93. The molecule has 1 aromatic heterocycles.